The van der Waals surface area contributed by atoms with Crippen LogP contribution in [0.3, 0.4) is 0 Å². The van der Waals surface area contributed by atoms with E-state index < -0.39 is 6.10 Å². The first-order valence-electron chi connectivity index (χ1n) is 4.21. The van der Waals surface area contributed by atoms with Crippen molar-refractivity contribution in [3.8, 4) is 0 Å². The number of hydrogen-bond acceptors (Lipinski definition) is 2. The first-order valence-corrected chi connectivity index (χ1v) is 4.21. The van der Waals surface area contributed by atoms with Crippen LogP contribution in [0.25, 0.3) is 0 Å². The minimum atomic E-state index is -0.648. The summed E-state index contributed by atoms with van der Waals surface area (Å²) in [5, 5.41) is 17.9. The van der Waals surface area contributed by atoms with E-state index in [0.29, 0.717) is 0 Å². The van der Waals surface area contributed by atoms with Crippen molar-refractivity contribution >= 4 is 0 Å². The van der Waals surface area contributed by atoms with Crippen molar-refractivity contribution in [3.63, 3.8) is 0 Å². The predicted octanol–water partition coefficient (Wildman–Crippen LogP) is 1.50. The molecule has 0 aromatic carbocycles. The largest absolute Gasteiger partial charge is 0.394 e. The normalized spacial score (nSPS) is 18.2. The molecule has 12 heavy (non-hydrogen) atoms. The van der Waals surface area contributed by atoms with Gasteiger partial charge in [-0.05, 0) is 13.8 Å². The molecule has 0 heterocycles. The third kappa shape index (κ3) is 4.31. The number of rotatable bonds is 4. The molecule has 2 atom stereocenters. The highest BCUT2D eigenvalue weighted by molar-refractivity contribution is 5.16. The van der Waals surface area contributed by atoms with Gasteiger partial charge in [0, 0.05) is 5.92 Å². The Kier molecular flexibility index (Phi) is 5.68. The van der Waals surface area contributed by atoms with E-state index in [2.05, 4.69) is 0 Å². The molecule has 0 rings (SSSR count). The molecule has 0 amide bonds. The lowest BCUT2D eigenvalue weighted by Crippen LogP contribution is -2.20. The Hall–Kier alpha value is -0.600. The Morgan fingerprint density at radius 3 is 2.50 bits per heavy atom. The van der Waals surface area contributed by atoms with Crippen molar-refractivity contribution in [1.29, 1.82) is 0 Å². The Labute approximate surface area is 74.2 Å². The lowest BCUT2D eigenvalue weighted by Gasteiger charge is -2.12. The molecule has 0 fully saturated rings. The van der Waals surface area contributed by atoms with Crippen LogP contribution in [0.5, 0.6) is 0 Å². The van der Waals surface area contributed by atoms with Crippen LogP contribution in [0.15, 0.2) is 23.8 Å². The second-order valence-electron chi connectivity index (χ2n) is 3.02. The number of aliphatic hydroxyl groups is 2. The van der Waals surface area contributed by atoms with Crippen molar-refractivity contribution in [2.75, 3.05) is 6.61 Å². The summed E-state index contributed by atoms with van der Waals surface area (Å²) in [5.74, 6) is 0.00574. The van der Waals surface area contributed by atoms with E-state index in [4.69, 9.17) is 5.11 Å². The molecule has 0 aromatic rings. The molecule has 0 aliphatic rings. The first kappa shape index (κ1) is 11.4. The average molecular weight is 170 g/mol. The van der Waals surface area contributed by atoms with E-state index in [1.165, 1.54) is 0 Å². The van der Waals surface area contributed by atoms with Crippen LogP contribution in [-0.4, -0.2) is 22.9 Å². The molecule has 0 radical (unpaired) electrons. The summed E-state index contributed by atoms with van der Waals surface area (Å²) < 4.78 is 0. The van der Waals surface area contributed by atoms with Crippen molar-refractivity contribution in [3.05, 3.63) is 23.8 Å². The van der Waals surface area contributed by atoms with Gasteiger partial charge in [0.1, 0.15) is 0 Å². The standard InChI is InChI=1S/C10H18O2/c1-4-5-8(2)6-9(3)10(12)7-11/h4-6,9-12H,7H2,1-3H3/b5-4+,8-6+/t9-,10-/m1/s1. The van der Waals surface area contributed by atoms with Crippen molar-refractivity contribution in [1.82, 2.24) is 0 Å². The van der Waals surface area contributed by atoms with Gasteiger partial charge in [0.15, 0.2) is 0 Å². The van der Waals surface area contributed by atoms with Crippen LogP contribution in [-0.2, 0) is 0 Å². The van der Waals surface area contributed by atoms with Gasteiger partial charge < -0.3 is 10.2 Å². The average Bonchev–Trinajstić information content (AvgIpc) is 2.03. The fourth-order valence-corrected chi connectivity index (χ4v) is 1.01. The maximum Gasteiger partial charge on any atom is 0.0830 e. The van der Waals surface area contributed by atoms with E-state index in [0.717, 1.165) is 5.57 Å². The summed E-state index contributed by atoms with van der Waals surface area (Å²) in [6, 6.07) is 0. The number of aliphatic hydroxyl groups excluding tert-OH is 2. The second kappa shape index (κ2) is 5.98. The molecule has 0 unspecified atom stereocenters. The summed E-state index contributed by atoms with van der Waals surface area (Å²) in [7, 11) is 0. The van der Waals surface area contributed by atoms with E-state index in [1.807, 2.05) is 39.0 Å². The summed E-state index contributed by atoms with van der Waals surface area (Å²) in [6.07, 6.45) is 5.22. The first-order chi connectivity index (χ1) is 5.61. The summed E-state index contributed by atoms with van der Waals surface area (Å²) in [4.78, 5) is 0. The van der Waals surface area contributed by atoms with Crippen LogP contribution >= 0.6 is 0 Å². The zero-order chi connectivity index (χ0) is 9.56. The molecular formula is C10H18O2. The molecule has 2 nitrogen and oxygen atoms in total. The molecule has 70 valence electrons. The molecule has 0 bridgehead atoms. The molecule has 0 aromatic heterocycles. The van der Waals surface area contributed by atoms with E-state index in [1.54, 1.807) is 0 Å². The molecule has 0 saturated heterocycles. The Bertz CT molecular complexity index is 171. The van der Waals surface area contributed by atoms with Crippen LogP contribution in [0.1, 0.15) is 20.8 Å². The van der Waals surface area contributed by atoms with Crippen LogP contribution < -0.4 is 0 Å². The number of allylic oxidation sites excluding steroid dienone is 3. The second-order valence-corrected chi connectivity index (χ2v) is 3.02. The Morgan fingerprint density at radius 1 is 1.50 bits per heavy atom. The summed E-state index contributed by atoms with van der Waals surface area (Å²) >= 11 is 0. The van der Waals surface area contributed by atoms with Gasteiger partial charge in [0.05, 0.1) is 12.7 Å². The Balaban J connectivity index is 4.12. The summed E-state index contributed by atoms with van der Waals surface area (Å²) in [6.45, 7) is 5.62. The molecule has 2 N–H and O–H groups in total. The fourth-order valence-electron chi connectivity index (χ4n) is 1.01. The highest BCUT2D eigenvalue weighted by atomic mass is 16.3. The lowest BCUT2D eigenvalue weighted by atomic mass is 10.0. The molecular weight excluding hydrogens is 152 g/mol. The minimum absolute atomic E-state index is 0.00574. The topological polar surface area (TPSA) is 40.5 Å². The van der Waals surface area contributed by atoms with Crippen molar-refractivity contribution in [2.24, 2.45) is 5.92 Å². The molecule has 0 spiro atoms. The zero-order valence-electron chi connectivity index (χ0n) is 7.99. The minimum Gasteiger partial charge on any atom is -0.394 e. The van der Waals surface area contributed by atoms with Gasteiger partial charge in [-0.15, -0.1) is 0 Å². The van der Waals surface area contributed by atoms with E-state index >= 15 is 0 Å². The fraction of sp³-hybridized carbons (Fsp3) is 0.600. The van der Waals surface area contributed by atoms with Gasteiger partial charge in [0.25, 0.3) is 0 Å². The van der Waals surface area contributed by atoms with Crippen LogP contribution in [0.2, 0.25) is 0 Å². The van der Waals surface area contributed by atoms with Gasteiger partial charge in [-0.25, -0.2) is 0 Å². The zero-order valence-corrected chi connectivity index (χ0v) is 7.99. The van der Waals surface area contributed by atoms with Gasteiger partial charge in [-0.3, -0.25) is 0 Å². The Morgan fingerprint density at radius 2 is 2.08 bits per heavy atom. The van der Waals surface area contributed by atoms with Crippen molar-refractivity contribution < 1.29 is 10.2 Å². The highest BCUT2D eigenvalue weighted by Gasteiger charge is 2.09. The van der Waals surface area contributed by atoms with Gasteiger partial charge >= 0.3 is 0 Å². The van der Waals surface area contributed by atoms with Gasteiger partial charge in [-0.1, -0.05) is 30.7 Å². The number of hydrogen-bond donors (Lipinski definition) is 2. The third-order valence-corrected chi connectivity index (χ3v) is 1.75. The van der Waals surface area contributed by atoms with E-state index in [-0.39, 0.29) is 12.5 Å². The smallest absolute Gasteiger partial charge is 0.0830 e. The van der Waals surface area contributed by atoms with Gasteiger partial charge in [0.2, 0.25) is 0 Å². The van der Waals surface area contributed by atoms with Crippen LogP contribution in [0.4, 0.5) is 0 Å². The van der Waals surface area contributed by atoms with Crippen LogP contribution in [0, 0.1) is 5.92 Å². The molecule has 0 aliphatic carbocycles. The quantitative estimate of drug-likeness (QED) is 0.628. The maximum atomic E-state index is 9.22. The molecule has 2 heteroatoms. The van der Waals surface area contributed by atoms with Gasteiger partial charge in [-0.2, -0.15) is 0 Å². The van der Waals surface area contributed by atoms with Crippen molar-refractivity contribution in [2.45, 2.75) is 26.9 Å². The summed E-state index contributed by atoms with van der Waals surface area (Å²) in [5.41, 5.74) is 1.11. The molecule has 0 aliphatic heterocycles. The lowest BCUT2D eigenvalue weighted by molar-refractivity contribution is 0.0683. The SMILES string of the molecule is C/C=C/C(C)=C/[C@@H](C)[C@H](O)CO. The van der Waals surface area contributed by atoms with E-state index in [9.17, 15) is 5.11 Å². The molecule has 0 saturated carbocycles. The monoisotopic (exact) mass is 170 g/mol. The highest BCUT2D eigenvalue weighted by Crippen LogP contribution is 2.08. The predicted molar refractivity (Wildman–Crippen MR) is 50.8 cm³/mol. The maximum absolute atomic E-state index is 9.22. The third-order valence-electron chi connectivity index (χ3n) is 1.75.